The van der Waals surface area contributed by atoms with E-state index in [1.165, 1.54) is 11.8 Å². The summed E-state index contributed by atoms with van der Waals surface area (Å²) in [5.41, 5.74) is 4.25. The molecule has 0 saturated carbocycles. The molecule has 2 aromatic carbocycles. The quantitative estimate of drug-likeness (QED) is 0.411. The topological polar surface area (TPSA) is 109 Å². The van der Waals surface area contributed by atoms with Gasteiger partial charge >= 0.3 is 6.03 Å². The Morgan fingerprint density at radius 2 is 1.79 bits per heavy atom. The van der Waals surface area contributed by atoms with Gasteiger partial charge in [0.15, 0.2) is 11.0 Å². The number of rotatable bonds is 7. The van der Waals surface area contributed by atoms with Crippen LogP contribution in [0.2, 0.25) is 0 Å². The summed E-state index contributed by atoms with van der Waals surface area (Å²) in [5.74, 6) is -0.389. The second kappa shape index (κ2) is 9.07. The number of aromatic nitrogens is 3. The number of thioether (sulfide) groups is 1. The number of aryl methyl sites for hydroxylation is 1. The summed E-state index contributed by atoms with van der Waals surface area (Å²) >= 11 is 1.17. The lowest BCUT2D eigenvalue weighted by Crippen LogP contribution is -2.49. The molecule has 170 valence electrons. The van der Waals surface area contributed by atoms with Crippen LogP contribution < -0.4 is 10.7 Å². The van der Waals surface area contributed by atoms with Crippen LogP contribution in [-0.4, -0.2) is 48.9 Å². The van der Waals surface area contributed by atoms with Crippen LogP contribution in [0, 0.1) is 6.92 Å². The van der Waals surface area contributed by atoms with E-state index in [2.05, 4.69) is 20.9 Å². The lowest BCUT2D eigenvalue weighted by atomic mass is 10.00. The van der Waals surface area contributed by atoms with E-state index < -0.39 is 23.4 Å². The maximum Gasteiger partial charge on any atom is 0.344 e. The van der Waals surface area contributed by atoms with Crippen LogP contribution in [-0.2, 0) is 9.59 Å². The Morgan fingerprint density at radius 1 is 1.09 bits per heavy atom. The fourth-order valence-electron chi connectivity index (χ4n) is 3.38. The summed E-state index contributed by atoms with van der Waals surface area (Å²) in [6.07, 6.45) is 0.417. The van der Waals surface area contributed by atoms with Gasteiger partial charge in [0.25, 0.3) is 5.91 Å². The van der Waals surface area contributed by atoms with Gasteiger partial charge in [-0.2, -0.15) is 5.01 Å². The molecular weight excluding hydrogens is 440 g/mol. The van der Waals surface area contributed by atoms with E-state index in [-0.39, 0.29) is 5.75 Å². The molecule has 0 radical (unpaired) electrons. The van der Waals surface area contributed by atoms with E-state index in [0.717, 1.165) is 21.8 Å². The van der Waals surface area contributed by atoms with Gasteiger partial charge in [-0.05, 0) is 32.4 Å². The van der Waals surface area contributed by atoms with Crippen LogP contribution in [0.1, 0.15) is 25.8 Å². The van der Waals surface area contributed by atoms with Gasteiger partial charge in [0.05, 0.1) is 5.75 Å². The molecule has 2 N–H and O–H groups in total. The van der Waals surface area contributed by atoms with E-state index in [9.17, 15) is 14.4 Å². The monoisotopic (exact) mass is 464 g/mol. The Balaban J connectivity index is 1.54. The first-order chi connectivity index (χ1) is 15.8. The molecule has 2 heterocycles. The highest BCUT2D eigenvalue weighted by atomic mass is 32.2. The van der Waals surface area contributed by atoms with E-state index in [1.807, 2.05) is 66.1 Å². The Hall–Kier alpha value is -3.66. The normalized spacial score (nSPS) is 17.8. The summed E-state index contributed by atoms with van der Waals surface area (Å²) in [6, 6.07) is 16.9. The molecule has 1 atom stereocenters. The standard InChI is InChI=1S/C23H24N6O3S/c1-4-23(3)20(31)29(21(32)24-23)27-18(30)14-33-22-26-25-19(16-8-6-5-7-9-16)28(22)17-12-10-15(2)11-13-17/h5-13H,4,14H2,1-3H3,(H,24,32)(H,27,30). The first-order valence-electron chi connectivity index (χ1n) is 10.5. The van der Waals surface area contributed by atoms with Crippen molar-refractivity contribution < 1.29 is 14.4 Å². The van der Waals surface area contributed by atoms with Crippen molar-refractivity contribution in [2.75, 3.05) is 5.75 Å². The molecule has 1 aliphatic heterocycles. The summed E-state index contributed by atoms with van der Waals surface area (Å²) in [5, 5.41) is 12.5. The molecule has 10 heteroatoms. The molecule has 9 nitrogen and oxygen atoms in total. The minimum absolute atomic E-state index is 0.0569. The predicted molar refractivity (Wildman–Crippen MR) is 124 cm³/mol. The first kappa shape index (κ1) is 22.5. The van der Waals surface area contributed by atoms with E-state index in [4.69, 9.17) is 0 Å². The van der Waals surface area contributed by atoms with Gasteiger partial charge in [-0.1, -0.05) is 66.7 Å². The van der Waals surface area contributed by atoms with Crippen LogP contribution in [0.5, 0.6) is 0 Å². The van der Waals surface area contributed by atoms with Gasteiger partial charge in [-0.25, -0.2) is 4.79 Å². The van der Waals surface area contributed by atoms with Crippen molar-refractivity contribution >= 4 is 29.6 Å². The summed E-state index contributed by atoms with van der Waals surface area (Å²) in [4.78, 5) is 37.2. The summed E-state index contributed by atoms with van der Waals surface area (Å²) in [6.45, 7) is 5.43. The Kier molecular flexibility index (Phi) is 6.19. The third kappa shape index (κ3) is 4.47. The fourth-order valence-corrected chi connectivity index (χ4v) is 4.12. The number of benzene rings is 2. The van der Waals surface area contributed by atoms with Crippen molar-refractivity contribution in [3.63, 3.8) is 0 Å². The average Bonchev–Trinajstić information content (AvgIpc) is 3.33. The van der Waals surface area contributed by atoms with Gasteiger partial charge in [-0.15, -0.1) is 10.2 Å². The molecule has 1 saturated heterocycles. The highest BCUT2D eigenvalue weighted by molar-refractivity contribution is 7.99. The number of nitrogens with one attached hydrogen (secondary N) is 2. The second-order valence-corrected chi connectivity index (χ2v) is 8.87. The molecule has 0 spiro atoms. The van der Waals surface area contributed by atoms with Gasteiger partial charge in [0.1, 0.15) is 5.54 Å². The second-order valence-electron chi connectivity index (χ2n) is 7.92. The van der Waals surface area contributed by atoms with Crippen molar-refractivity contribution in [3.8, 4) is 17.1 Å². The van der Waals surface area contributed by atoms with Gasteiger partial charge < -0.3 is 5.32 Å². The maximum atomic E-state index is 12.6. The van der Waals surface area contributed by atoms with Crippen molar-refractivity contribution in [1.82, 2.24) is 30.5 Å². The lowest BCUT2D eigenvalue weighted by molar-refractivity contribution is -0.137. The van der Waals surface area contributed by atoms with Crippen LogP contribution in [0.4, 0.5) is 4.79 Å². The molecule has 0 aliphatic carbocycles. The van der Waals surface area contributed by atoms with Crippen molar-refractivity contribution in [2.24, 2.45) is 0 Å². The van der Waals surface area contributed by atoms with Crippen LogP contribution >= 0.6 is 11.8 Å². The Labute approximate surface area is 195 Å². The lowest BCUT2D eigenvalue weighted by Gasteiger charge is -2.19. The van der Waals surface area contributed by atoms with Crippen molar-refractivity contribution in [3.05, 3.63) is 60.2 Å². The number of imide groups is 1. The molecule has 1 aliphatic rings. The number of hydrogen-bond donors (Lipinski definition) is 2. The van der Waals surface area contributed by atoms with E-state index in [1.54, 1.807) is 13.8 Å². The molecule has 1 unspecified atom stereocenters. The highest BCUT2D eigenvalue weighted by Gasteiger charge is 2.47. The highest BCUT2D eigenvalue weighted by Crippen LogP contribution is 2.28. The van der Waals surface area contributed by atoms with Crippen molar-refractivity contribution in [2.45, 2.75) is 37.9 Å². The molecule has 0 bridgehead atoms. The number of hydrazine groups is 1. The van der Waals surface area contributed by atoms with Gasteiger partial charge in [-0.3, -0.25) is 19.6 Å². The molecule has 3 aromatic rings. The Bertz CT molecular complexity index is 1190. The minimum atomic E-state index is -1.02. The minimum Gasteiger partial charge on any atom is -0.322 e. The molecule has 1 aromatic heterocycles. The molecule has 4 rings (SSSR count). The third-order valence-corrected chi connectivity index (χ3v) is 6.42. The van der Waals surface area contributed by atoms with Crippen molar-refractivity contribution in [1.29, 1.82) is 0 Å². The van der Waals surface area contributed by atoms with Crippen LogP contribution in [0.15, 0.2) is 59.8 Å². The Morgan fingerprint density at radius 3 is 2.42 bits per heavy atom. The SMILES string of the molecule is CCC1(C)NC(=O)N(NC(=O)CSc2nnc(-c3ccccc3)n2-c2ccc(C)cc2)C1=O. The smallest absolute Gasteiger partial charge is 0.322 e. The number of urea groups is 1. The zero-order chi connectivity index (χ0) is 23.6. The fraction of sp³-hybridized carbons (Fsp3) is 0.261. The van der Waals surface area contributed by atoms with Crippen LogP contribution in [0.3, 0.4) is 0 Å². The molecular formula is C23H24N6O3S. The summed E-state index contributed by atoms with van der Waals surface area (Å²) in [7, 11) is 0. The number of carbonyl (C=O) groups is 3. The van der Waals surface area contributed by atoms with Gasteiger partial charge in [0.2, 0.25) is 5.91 Å². The molecule has 1 fully saturated rings. The van der Waals surface area contributed by atoms with Gasteiger partial charge in [0, 0.05) is 11.3 Å². The number of amides is 4. The summed E-state index contributed by atoms with van der Waals surface area (Å²) < 4.78 is 1.88. The number of carbonyl (C=O) groups excluding carboxylic acids is 3. The zero-order valence-electron chi connectivity index (χ0n) is 18.5. The molecule has 4 amide bonds. The zero-order valence-corrected chi connectivity index (χ0v) is 19.3. The number of nitrogens with zero attached hydrogens (tertiary/aromatic N) is 4. The largest absolute Gasteiger partial charge is 0.344 e. The van der Waals surface area contributed by atoms with E-state index >= 15 is 0 Å². The predicted octanol–water partition coefficient (Wildman–Crippen LogP) is 3.09. The maximum absolute atomic E-state index is 12.6. The molecule has 33 heavy (non-hydrogen) atoms. The third-order valence-electron chi connectivity index (χ3n) is 5.49. The number of hydrogen-bond acceptors (Lipinski definition) is 6. The first-order valence-corrected chi connectivity index (χ1v) is 11.5. The average molecular weight is 465 g/mol. The van der Waals surface area contributed by atoms with E-state index in [0.29, 0.717) is 17.4 Å². The van der Waals surface area contributed by atoms with Crippen LogP contribution in [0.25, 0.3) is 17.1 Å².